The third-order valence-electron chi connectivity index (χ3n) is 4.64. The van der Waals surface area contributed by atoms with Gasteiger partial charge < -0.3 is 5.32 Å². The lowest BCUT2D eigenvalue weighted by Crippen LogP contribution is -2.25. The first-order valence-corrected chi connectivity index (χ1v) is 9.40. The van der Waals surface area contributed by atoms with Crippen LogP contribution in [-0.4, -0.2) is 20.7 Å². The van der Waals surface area contributed by atoms with E-state index in [9.17, 15) is 4.79 Å². The highest BCUT2D eigenvalue weighted by Gasteiger charge is 2.18. The Morgan fingerprint density at radius 3 is 2.76 bits per heavy atom. The number of hydrogen-bond donors (Lipinski definition) is 1. The molecule has 0 bridgehead atoms. The molecule has 1 aromatic carbocycles. The predicted molar refractivity (Wildman–Crippen MR) is 98.2 cm³/mol. The molecule has 0 saturated heterocycles. The van der Waals surface area contributed by atoms with Crippen LogP contribution in [0.15, 0.2) is 43.0 Å². The summed E-state index contributed by atoms with van der Waals surface area (Å²) < 4.78 is 1.71. The molecule has 1 aliphatic carbocycles. The molecule has 1 amide bonds. The van der Waals surface area contributed by atoms with E-state index in [2.05, 4.69) is 21.5 Å². The summed E-state index contributed by atoms with van der Waals surface area (Å²) in [6, 6.07) is 10.0. The van der Waals surface area contributed by atoms with Crippen LogP contribution in [0.2, 0.25) is 0 Å². The first-order valence-electron chi connectivity index (χ1n) is 8.58. The van der Waals surface area contributed by atoms with E-state index in [0.29, 0.717) is 0 Å². The molecular weight excluding hydrogens is 332 g/mol. The first-order chi connectivity index (χ1) is 12.2. The average molecular weight is 352 g/mol. The van der Waals surface area contributed by atoms with Crippen LogP contribution in [0.4, 0.5) is 0 Å². The second-order valence-electron chi connectivity index (χ2n) is 6.39. The van der Waals surface area contributed by atoms with Crippen molar-refractivity contribution in [1.29, 1.82) is 0 Å². The van der Waals surface area contributed by atoms with E-state index >= 15 is 0 Å². The molecule has 1 aliphatic rings. The van der Waals surface area contributed by atoms with Crippen molar-refractivity contribution < 1.29 is 4.79 Å². The van der Waals surface area contributed by atoms with Crippen LogP contribution < -0.4 is 5.32 Å². The normalized spacial score (nSPS) is 14.8. The maximum Gasteiger partial charge on any atom is 0.261 e. The summed E-state index contributed by atoms with van der Waals surface area (Å²) in [4.78, 5) is 18.8. The van der Waals surface area contributed by atoms with Crippen molar-refractivity contribution in [3.05, 3.63) is 63.9 Å². The van der Waals surface area contributed by atoms with Gasteiger partial charge in [-0.1, -0.05) is 12.1 Å². The number of amides is 1. The Morgan fingerprint density at radius 1 is 1.24 bits per heavy atom. The minimum Gasteiger partial charge on any atom is -0.345 e. The molecular formula is C19H20N4OS. The second-order valence-corrected chi connectivity index (χ2v) is 7.53. The first kappa shape index (κ1) is 16.0. The lowest BCUT2D eigenvalue weighted by Gasteiger charge is -2.14. The van der Waals surface area contributed by atoms with Crippen molar-refractivity contribution in [2.24, 2.45) is 0 Å². The lowest BCUT2D eigenvalue weighted by molar-refractivity contribution is 0.0944. The van der Waals surface area contributed by atoms with Gasteiger partial charge in [0.05, 0.1) is 16.6 Å². The van der Waals surface area contributed by atoms with Crippen molar-refractivity contribution in [3.63, 3.8) is 0 Å². The zero-order chi connectivity index (χ0) is 17.2. The molecule has 2 aromatic heterocycles. The van der Waals surface area contributed by atoms with E-state index in [1.165, 1.54) is 29.6 Å². The number of nitrogens with one attached hydrogen (secondary N) is 1. The Morgan fingerprint density at radius 2 is 2.04 bits per heavy atom. The van der Waals surface area contributed by atoms with Gasteiger partial charge in [0.25, 0.3) is 5.91 Å². The lowest BCUT2D eigenvalue weighted by atomic mass is 9.99. The molecule has 25 heavy (non-hydrogen) atoms. The Bertz CT molecular complexity index is 844. The molecule has 1 atom stereocenters. The molecule has 5 nitrogen and oxygen atoms in total. The van der Waals surface area contributed by atoms with Crippen LogP contribution in [0.3, 0.4) is 0 Å². The Labute approximate surface area is 150 Å². The second kappa shape index (κ2) is 6.80. The number of nitrogens with zero attached hydrogens (tertiary/aromatic N) is 3. The van der Waals surface area contributed by atoms with E-state index in [0.717, 1.165) is 29.0 Å². The number of benzene rings is 1. The minimum absolute atomic E-state index is 0.0206. The zero-order valence-corrected chi connectivity index (χ0v) is 14.9. The molecule has 3 aromatic rings. The highest BCUT2D eigenvalue weighted by molar-refractivity contribution is 7.14. The third kappa shape index (κ3) is 3.35. The highest BCUT2D eigenvalue weighted by Crippen LogP contribution is 2.30. The number of aryl methyl sites for hydroxylation is 2. The number of fused-ring (bicyclic) bond motifs is 1. The van der Waals surface area contributed by atoms with Crippen LogP contribution in [0.25, 0.3) is 5.69 Å². The van der Waals surface area contributed by atoms with Crippen LogP contribution in [0, 0.1) is 0 Å². The Balaban J connectivity index is 1.45. The number of hydrogen-bond acceptors (Lipinski definition) is 4. The zero-order valence-electron chi connectivity index (χ0n) is 14.1. The smallest absolute Gasteiger partial charge is 0.261 e. The van der Waals surface area contributed by atoms with Crippen LogP contribution in [-0.2, 0) is 12.8 Å². The maximum atomic E-state index is 12.6. The molecule has 0 spiro atoms. The van der Waals surface area contributed by atoms with E-state index < -0.39 is 0 Å². The minimum atomic E-state index is -0.0450. The number of carbonyl (C=O) groups is 1. The summed E-state index contributed by atoms with van der Waals surface area (Å²) in [5, 5.41) is 7.23. The molecule has 1 N–H and O–H groups in total. The van der Waals surface area contributed by atoms with Crippen molar-refractivity contribution in [2.45, 2.75) is 38.6 Å². The molecule has 2 heterocycles. The van der Waals surface area contributed by atoms with Crippen LogP contribution >= 0.6 is 11.3 Å². The van der Waals surface area contributed by atoms with Gasteiger partial charge in [0.1, 0.15) is 12.7 Å². The van der Waals surface area contributed by atoms with Crippen LogP contribution in [0.1, 0.15) is 51.5 Å². The summed E-state index contributed by atoms with van der Waals surface area (Å²) in [6.45, 7) is 2.01. The Kier molecular flexibility index (Phi) is 4.36. The van der Waals surface area contributed by atoms with Gasteiger partial charge in [-0.05, 0) is 61.9 Å². The predicted octanol–water partition coefficient (Wildman–Crippen LogP) is 3.70. The largest absolute Gasteiger partial charge is 0.345 e. The molecule has 128 valence electrons. The van der Waals surface area contributed by atoms with Gasteiger partial charge in [-0.15, -0.1) is 11.3 Å². The molecule has 0 radical (unpaired) electrons. The Hall–Kier alpha value is -2.47. The van der Waals surface area contributed by atoms with Gasteiger partial charge >= 0.3 is 0 Å². The average Bonchev–Trinajstić information content (AvgIpc) is 3.31. The number of aromatic nitrogens is 3. The van der Waals surface area contributed by atoms with Crippen molar-refractivity contribution in [3.8, 4) is 5.69 Å². The summed E-state index contributed by atoms with van der Waals surface area (Å²) in [5.74, 6) is 0.0206. The fraction of sp³-hybridized carbons (Fsp3) is 0.316. The molecule has 0 aliphatic heterocycles. The summed E-state index contributed by atoms with van der Waals surface area (Å²) in [6.07, 6.45) is 7.88. The van der Waals surface area contributed by atoms with Gasteiger partial charge in [0.2, 0.25) is 0 Å². The molecule has 0 fully saturated rings. The van der Waals surface area contributed by atoms with Crippen molar-refractivity contribution in [2.75, 3.05) is 0 Å². The van der Waals surface area contributed by atoms with E-state index in [1.807, 2.05) is 31.2 Å². The summed E-state index contributed by atoms with van der Waals surface area (Å²) in [7, 11) is 0. The number of thiophene rings is 1. The van der Waals surface area contributed by atoms with Gasteiger partial charge in [-0.3, -0.25) is 4.79 Å². The number of rotatable bonds is 4. The van der Waals surface area contributed by atoms with E-state index in [4.69, 9.17) is 0 Å². The summed E-state index contributed by atoms with van der Waals surface area (Å²) >= 11 is 1.65. The maximum absolute atomic E-state index is 12.6. The summed E-state index contributed by atoms with van der Waals surface area (Å²) in [5.41, 5.74) is 3.38. The van der Waals surface area contributed by atoms with Crippen LogP contribution in [0.5, 0.6) is 0 Å². The molecule has 0 saturated carbocycles. The van der Waals surface area contributed by atoms with Gasteiger partial charge in [0, 0.05) is 4.88 Å². The van der Waals surface area contributed by atoms with Gasteiger partial charge in [-0.25, -0.2) is 9.67 Å². The molecule has 4 rings (SSSR count). The topological polar surface area (TPSA) is 59.8 Å². The van der Waals surface area contributed by atoms with Gasteiger partial charge in [-0.2, -0.15) is 5.10 Å². The quantitative estimate of drug-likeness (QED) is 0.779. The fourth-order valence-electron chi connectivity index (χ4n) is 3.21. The standard InChI is InChI=1S/C19H20N4OS/c1-13(14-6-8-16(9-7-14)23-12-20-11-21-23)22-19(24)18-10-15-4-2-3-5-17(15)25-18/h6-13H,2-5H2,1H3,(H,22,24). The highest BCUT2D eigenvalue weighted by atomic mass is 32.1. The van der Waals surface area contributed by atoms with Crippen molar-refractivity contribution >= 4 is 17.2 Å². The SMILES string of the molecule is CC(NC(=O)c1cc2c(s1)CCCC2)c1ccc(-n2cncn2)cc1. The van der Waals surface area contributed by atoms with E-state index in [-0.39, 0.29) is 11.9 Å². The molecule has 1 unspecified atom stereocenters. The monoisotopic (exact) mass is 352 g/mol. The van der Waals surface area contributed by atoms with Gasteiger partial charge in [0.15, 0.2) is 0 Å². The molecule has 6 heteroatoms. The van der Waals surface area contributed by atoms with E-state index in [1.54, 1.807) is 22.3 Å². The third-order valence-corrected chi connectivity index (χ3v) is 5.88. The number of carbonyl (C=O) groups excluding carboxylic acids is 1. The van der Waals surface area contributed by atoms with Crippen molar-refractivity contribution in [1.82, 2.24) is 20.1 Å². The fourth-order valence-corrected chi connectivity index (χ4v) is 4.37.